The minimum atomic E-state index is -0.214. The summed E-state index contributed by atoms with van der Waals surface area (Å²) in [7, 11) is 0. The van der Waals surface area contributed by atoms with Crippen LogP contribution in [0.15, 0.2) is 24.3 Å². The van der Waals surface area contributed by atoms with Crippen LogP contribution < -0.4 is 10.6 Å². The lowest BCUT2D eigenvalue weighted by Gasteiger charge is -2.11. The van der Waals surface area contributed by atoms with E-state index >= 15 is 0 Å². The first-order chi connectivity index (χ1) is 7.74. The summed E-state index contributed by atoms with van der Waals surface area (Å²) in [6.07, 6.45) is 1.50. The van der Waals surface area contributed by atoms with Crippen molar-refractivity contribution in [3.05, 3.63) is 35.6 Å². The van der Waals surface area contributed by atoms with Crippen LogP contribution in [0.3, 0.4) is 0 Å². The number of rotatable bonds is 4. The topological polar surface area (TPSA) is 41.1 Å². The molecule has 0 saturated carbocycles. The molecular weight excluding hydrogens is 207 g/mol. The van der Waals surface area contributed by atoms with E-state index in [9.17, 15) is 9.18 Å². The summed E-state index contributed by atoms with van der Waals surface area (Å²) in [4.78, 5) is 10.9. The fraction of sp³-hybridized carbons (Fsp3) is 0.417. The van der Waals surface area contributed by atoms with Gasteiger partial charge in [0.05, 0.1) is 0 Å². The molecule has 1 aromatic rings. The summed E-state index contributed by atoms with van der Waals surface area (Å²) in [5, 5.41) is 6.09. The summed E-state index contributed by atoms with van der Waals surface area (Å²) in [6.45, 7) is 1.37. The molecule has 3 nitrogen and oxygen atoms in total. The highest BCUT2D eigenvalue weighted by Crippen LogP contribution is 2.06. The molecule has 1 amide bonds. The van der Waals surface area contributed by atoms with Gasteiger partial charge < -0.3 is 10.6 Å². The van der Waals surface area contributed by atoms with Crippen molar-refractivity contribution in [2.24, 2.45) is 0 Å². The maximum absolute atomic E-state index is 12.9. The maximum Gasteiger partial charge on any atom is 0.220 e. The minimum Gasteiger partial charge on any atom is -0.352 e. The summed E-state index contributed by atoms with van der Waals surface area (Å²) >= 11 is 0. The molecule has 1 aliphatic rings. The van der Waals surface area contributed by atoms with Gasteiger partial charge >= 0.3 is 0 Å². The lowest BCUT2D eigenvalue weighted by molar-refractivity contribution is -0.119. The average Bonchev–Trinajstić information content (AvgIpc) is 2.64. The molecule has 1 atom stereocenters. The number of amides is 1. The number of benzene rings is 1. The molecule has 0 aliphatic carbocycles. The van der Waals surface area contributed by atoms with E-state index in [1.54, 1.807) is 6.07 Å². The number of nitrogens with one attached hydrogen (secondary N) is 2. The lowest BCUT2D eigenvalue weighted by atomic mass is 10.2. The molecule has 2 N–H and O–H groups in total. The number of carbonyl (C=O) groups excluding carboxylic acids is 1. The zero-order chi connectivity index (χ0) is 11.4. The molecule has 1 aliphatic heterocycles. The van der Waals surface area contributed by atoms with Crippen molar-refractivity contribution < 1.29 is 9.18 Å². The summed E-state index contributed by atoms with van der Waals surface area (Å²) < 4.78 is 12.9. The standard InChI is InChI=1S/C12H15FN2O/c13-10-3-1-2-9(6-10)7-14-8-11-4-5-12(16)15-11/h1-3,6,11,14H,4-5,7-8H2,(H,15,16). The third kappa shape index (κ3) is 3.03. The SMILES string of the molecule is O=C1CCC(CNCc2cccc(F)c2)N1. The Balaban J connectivity index is 1.74. The molecule has 1 saturated heterocycles. The summed E-state index contributed by atoms with van der Waals surface area (Å²) in [6, 6.07) is 6.74. The molecule has 0 spiro atoms. The number of hydrogen-bond donors (Lipinski definition) is 2. The van der Waals surface area contributed by atoms with E-state index in [2.05, 4.69) is 10.6 Å². The van der Waals surface area contributed by atoms with Crippen LogP contribution in [0.5, 0.6) is 0 Å². The van der Waals surface area contributed by atoms with E-state index in [1.807, 2.05) is 6.07 Å². The predicted octanol–water partition coefficient (Wildman–Crippen LogP) is 1.19. The fourth-order valence-electron chi connectivity index (χ4n) is 1.87. The molecule has 1 unspecified atom stereocenters. The highest BCUT2D eigenvalue weighted by atomic mass is 19.1. The van der Waals surface area contributed by atoms with Crippen LogP contribution in [0.2, 0.25) is 0 Å². The molecule has 1 heterocycles. The second kappa shape index (κ2) is 5.07. The Morgan fingerprint density at radius 3 is 3.06 bits per heavy atom. The third-order valence-electron chi connectivity index (χ3n) is 2.69. The van der Waals surface area contributed by atoms with E-state index in [4.69, 9.17) is 0 Å². The van der Waals surface area contributed by atoms with Gasteiger partial charge in [-0.15, -0.1) is 0 Å². The highest BCUT2D eigenvalue weighted by Gasteiger charge is 2.19. The Morgan fingerprint density at radius 1 is 1.50 bits per heavy atom. The van der Waals surface area contributed by atoms with E-state index < -0.39 is 0 Å². The molecule has 16 heavy (non-hydrogen) atoms. The van der Waals surface area contributed by atoms with Gasteiger partial charge in [0.2, 0.25) is 5.91 Å². The van der Waals surface area contributed by atoms with Crippen LogP contribution in [0.1, 0.15) is 18.4 Å². The molecule has 1 fully saturated rings. The molecule has 1 aromatic carbocycles. The Bertz CT molecular complexity index is 381. The Kier molecular flexibility index (Phi) is 3.51. The summed E-state index contributed by atoms with van der Waals surface area (Å²) in [5.41, 5.74) is 0.921. The van der Waals surface area contributed by atoms with E-state index in [-0.39, 0.29) is 17.8 Å². The van der Waals surface area contributed by atoms with Gasteiger partial charge in [-0.1, -0.05) is 12.1 Å². The maximum atomic E-state index is 12.9. The van der Waals surface area contributed by atoms with Gasteiger partial charge in [0.15, 0.2) is 0 Å². The average molecular weight is 222 g/mol. The zero-order valence-corrected chi connectivity index (χ0v) is 9.00. The van der Waals surface area contributed by atoms with Gasteiger partial charge in [0, 0.05) is 25.6 Å². The monoisotopic (exact) mass is 222 g/mol. The molecular formula is C12H15FN2O. The third-order valence-corrected chi connectivity index (χ3v) is 2.69. The van der Waals surface area contributed by atoms with Crippen LogP contribution >= 0.6 is 0 Å². The zero-order valence-electron chi connectivity index (χ0n) is 9.00. The Labute approximate surface area is 94.0 Å². The first kappa shape index (κ1) is 11.1. The molecule has 86 valence electrons. The van der Waals surface area contributed by atoms with Gasteiger partial charge in [-0.2, -0.15) is 0 Å². The van der Waals surface area contributed by atoms with Crippen molar-refractivity contribution in [1.82, 2.24) is 10.6 Å². The Hall–Kier alpha value is -1.42. The van der Waals surface area contributed by atoms with Crippen LogP contribution in [-0.4, -0.2) is 18.5 Å². The van der Waals surface area contributed by atoms with Gasteiger partial charge in [0.25, 0.3) is 0 Å². The predicted molar refractivity (Wildman–Crippen MR) is 59.3 cm³/mol. The number of carbonyl (C=O) groups is 1. The number of halogens is 1. The lowest BCUT2D eigenvalue weighted by Crippen LogP contribution is -2.35. The Morgan fingerprint density at radius 2 is 2.38 bits per heavy atom. The quantitative estimate of drug-likeness (QED) is 0.803. The first-order valence-corrected chi connectivity index (χ1v) is 5.48. The van der Waals surface area contributed by atoms with Crippen molar-refractivity contribution in [1.29, 1.82) is 0 Å². The van der Waals surface area contributed by atoms with Crippen LogP contribution in [0.25, 0.3) is 0 Å². The van der Waals surface area contributed by atoms with Crippen LogP contribution in [-0.2, 0) is 11.3 Å². The van der Waals surface area contributed by atoms with Crippen molar-refractivity contribution in [2.75, 3.05) is 6.54 Å². The largest absolute Gasteiger partial charge is 0.352 e. The number of hydrogen-bond acceptors (Lipinski definition) is 2. The minimum absolute atomic E-state index is 0.123. The second-order valence-corrected chi connectivity index (χ2v) is 4.06. The normalized spacial score (nSPS) is 19.8. The molecule has 4 heteroatoms. The molecule has 2 rings (SSSR count). The fourth-order valence-corrected chi connectivity index (χ4v) is 1.87. The van der Waals surface area contributed by atoms with Gasteiger partial charge in [0.1, 0.15) is 5.82 Å². The van der Waals surface area contributed by atoms with Gasteiger partial charge in [-0.3, -0.25) is 4.79 Å². The highest BCUT2D eigenvalue weighted by molar-refractivity contribution is 5.78. The van der Waals surface area contributed by atoms with Crippen molar-refractivity contribution in [2.45, 2.75) is 25.4 Å². The van der Waals surface area contributed by atoms with Crippen LogP contribution in [0, 0.1) is 5.82 Å². The van der Waals surface area contributed by atoms with E-state index in [0.717, 1.165) is 18.5 Å². The molecule has 0 bridgehead atoms. The first-order valence-electron chi connectivity index (χ1n) is 5.48. The van der Waals surface area contributed by atoms with Gasteiger partial charge in [-0.25, -0.2) is 4.39 Å². The van der Waals surface area contributed by atoms with Gasteiger partial charge in [-0.05, 0) is 24.1 Å². The van der Waals surface area contributed by atoms with Crippen LogP contribution in [0.4, 0.5) is 4.39 Å². The second-order valence-electron chi connectivity index (χ2n) is 4.06. The molecule has 0 radical (unpaired) electrons. The van der Waals surface area contributed by atoms with E-state index in [0.29, 0.717) is 13.0 Å². The van der Waals surface area contributed by atoms with Crippen molar-refractivity contribution in [3.63, 3.8) is 0 Å². The summed E-state index contributed by atoms with van der Waals surface area (Å²) in [5.74, 6) is -0.0916. The molecule has 0 aromatic heterocycles. The van der Waals surface area contributed by atoms with Crippen molar-refractivity contribution in [3.8, 4) is 0 Å². The van der Waals surface area contributed by atoms with Crippen molar-refractivity contribution >= 4 is 5.91 Å². The smallest absolute Gasteiger partial charge is 0.220 e. The van der Waals surface area contributed by atoms with E-state index in [1.165, 1.54) is 12.1 Å².